The van der Waals surface area contributed by atoms with Gasteiger partial charge in [0.2, 0.25) is 11.7 Å². The van der Waals surface area contributed by atoms with Crippen LogP contribution in [0.15, 0.2) is 28.8 Å². The number of hydrogen-bond acceptors (Lipinski definition) is 5. The third kappa shape index (κ3) is 2.75. The highest BCUT2D eigenvalue weighted by molar-refractivity contribution is 5.85. The van der Waals surface area contributed by atoms with E-state index in [1.807, 2.05) is 24.3 Å². The molecule has 2 N–H and O–H groups in total. The molecule has 2 aromatic rings. The van der Waals surface area contributed by atoms with Crippen molar-refractivity contribution in [2.45, 2.75) is 13.0 Å². The van der Waals surface area contributed by atoms with Crippen LogP contribution in [-0.2, 0) is 0 Å². The van der Waals surface area contributed by atoms with Gasteiger partial charge in [-0.3, -0.25) is 0 Å². The molecule has 0 unspecified atom stereocenters. The molecule has 2 rings (SSSR count). The smallest absolute Gasteiger partial charge is 0.243 e. The van der Waals surface area contributed by atoms with Crippen molar-refractivity contribution in [1.82, 2.24) is 10.1 Å². The number of nitrogens with zero attached hydrogens (tertiary/aromatic N) is 2. The van der Waals surface area contributed by atoms with Gasteiger partial charge in [0.15, 0.2) is 0 Å². The summed E-state index contributed by atoms with van der Waals surface area (Å²) in [6.07, 6.45) is 0. The first kappa shape index (κ1) is 13.5. The molecule has 1 aromatic heterocycles. The van der Waals surface area contributed by atoms with E-state index in [1.165, 1.54) is 0 Å². The van der Waals surface area contributed by atoms with Gasteiger partial charge >= 0.3 is 0 Å². The Morgan fingerprint density at radius 3 is 2.65 bits per heavy atom. The molecule has 92 valence electrons. The normalized spacial score (nSPS) is 11.7. The number of halogens is 1. The minimum absolute atomic E-state index is 0. The quantitative estimate of drug-likeness (QED) is 0.910. The van der Waals surface area contributed by atoms with Crippen molar-refractivity contribution in [3.8, 4) is 17.1 Å². The minimum Gasteiger partial charge on any atom is -0.496 e. The van der Waals surface area contributed by atoms with Gasteiger partial charge in [0.25, 0.3) is 0 Å². The second-order valence-electron chi connectivity index (χ2n) is 3.45. The molecule has 0 aliphatic carbocycles. The zero-order chi connectivity index (χ0) is 11.5. The summed E-state index contributed by atoms with van der Waals surface area (Å²) >= 11 is 0. The minimum atomic E-state index is -0.268. The SMILES string of the molecule is COc1ccccc1-c1noc([C@H](C)N)n1.Cl. The van der Waals surface area contributed by atoms with Gasteiger partial charge in [0.1, 0.15) is 5.75 Å². The van der Waals surface area contributed by atoms with Gasteiger partial charge in [0, 0.05) is 0 Å². The molecule has 0 aliphatic heterocycles. The first-order chi connectivity index (χ1) is 7.72. The van der Waals surface area contributed by atoms with Gasteiger partial charge < -0.3 is 15.0 Å². The average Bonchev–Trinajstić information content (AvgIpc) is 2.78. The molecule has 0 radical (unpaired) electrons. The van der Waals surface area contributed by atoms with Gasteiger partial charge in [-0.1, -0.05) is 17.3 Å². The standard InChI is InChI=1S/C11H13N3O2.ClH/c1-7(12)11-13-10(14-16-11)8-5-3-4-6-9(8)15-2;/h3-7H,12H2,1-2H3;1H/t7-;/m0./s1. The maximum atomic E-state index is 5.65. The fraction of sp³-hybridized carbons (Fsp3) is 0.273. The van der Waals surface area contributed by atoms with Crippen LogP contribution in [0.25, 0.3) is 11.4 Å². The Kier molecular flexibility index (Phi) is 4.48. The summed E-state index contributed by atoms with van der Waals surface area (Å²) in [5, 5.41) is 3.87. The molecule has 0 saturated heterocycles. The summed E-state index contributed by atoms with van der Waals surface area (Å²) in [7, 11) is 1.60. The van der Waals surface area contributed by atoms with Crippen LogP contribution in [0, 0.1) is 0 Å². The first-order valence-corrected chi connectivity index (χ1v) is 4.95. The van der Waals surface area contributed by atoms with Crippen LogP contribution in [-0.4, -0.2) is 17.3 Å². The number of nitrogens with two attached hydrogens (primary N) is 1. The van der Waals surface area contributed by atoms with Crippen molar-refractivity contribution < 1.29 is 9.26 Å². The zero-order valence-electron chi connectivity index (χ0n) is 9.58. The number of hydrogen-bond donors (Lipinski definition) is 1. The maximum Gasteiger partial charge on any atom is 0.243 e. The molecular formula is C11H14ClN3O2. The molecule has 0 amide bonds. The average molecular weight is 256 g/mol. The Hall–Kier alpha value is -1.59. The Labute approximate surface area is 105 Å². The van der Waals surface area contributed by atoms with E-state index in [9.17, 15) is 0 Å². The fourth-order valence-corrected chi connectivity index (χ4v) is 1.36. The topological polar surface area (TPSA) is 74.2 Å². The first-order valence-electron chi connectivity index (χ1n) is 4.95. The summed E-state index contributed by atoms with van der Waals surface area (Å²) in [5.74, 6) is 1.62. The fourth-order valence-electron chi connectivity index (χ4n) is 1.36. The second-order valence-corrected chi connectivity index (χ2v) is 3.45. The lowest BCUT2D eigenvalue weighted by atomic mass is 10.2. The molecule has 1 aromatic carbocycles. The lowest BCUT2D eigenvalue weighted by molar-refractivity contribution is 0.361. The van der Waals surface area contributed by atoms with Crippen LogP contribution in [0.3, 0.4) is 0 Å². The molecule has 0 aliphatic rings. The van der Waals surface area contributed by atoms with Crippen LogP contribution >= 0.6 is 12.4 Å². The highest BCUT2D eigenvalue weighted by Crippen LogP contribution is 2.27. The van der Waals surface area contributed by atoms with Crippen LogP contribution in [0.5, 0.6) is 5.75 Å². The largest absolute Gasteiger partial charge is 0.496 e. The third-order valence-corrected chi connectivity index (χ3v) is 2.18. The van der Waals surface area contributed by atoms with Crippen molar-refractivity contribution in [3.63, 3.8) is 0 Å². The zero-order valence-corrected chi connectivity index (χ0v) is 10.4. The maximum absolute atomic E-state index is 5.65. The highest BCUT2D eigenvalue weighted by Gasteiger charge is 2.14. The van der Waals surface area contributed by atoms with E-state index in [0.29, 0.717) is 17.5 Å². The summed E-state index contributed by atoms with van der Waals surface area (Å²) in [6.45, 7) is 1.79. The number of benzene rings is 1. The van der Waals surface area contributed by atoms with Gasteiger partial charge in [-0.05, 0) is 19.1 Å². The van der Waals surface area contributed by atoms with Crippen LogP contribution in [0.4, 0.5) is 0 Å². The van der Waals surface area contributed by atoms with E-state index >= 15 is 0 Å². The lowest BCUT2D eigenvalue weighted by Gasteiger charge is -2.03. The number of ether oxygens (including phenoxy) is 1. The van der Waals surface area contributed by atoms with Crippen molar-refractivity contribution >= 4 is 12.4 Å². The van der Waals surface area contributed by atoms with E-state index in [1.54, 1.807) is 14.0 Å². The highest BCUT2D eigenvalue weighted by atomic mass is 35.5. The van der Waals surface area contributed by atoms with E-state index in [0.717, 1.165) is 5.56 Å². The van der Waals surface area contributed by atoms with E-state index in [4.69, 9.17) is 15.0 Å². The van der Waals surface area contributed by atoms with Crippen molar-refractivity contribution in [3.05, 3.63) is 30.2 Å². The molecule has 1 heterocycles. The number of aromatic nitrogens is 2. The number of rotatable bonds is 3. The summed E-state index contributed by atoms with van der Waals surface area (Å²) in [4.78, 5) is 4.21. The predicted molar refractivity (Wildman–Crippen MR) is 66.1 cm³/mol. The summed E-state index contributed by atoms with van der Waals surface area (Å²) < 4.78 is 10.3. The summed E-state index contributed by atoms with van der Waals surface area (Å²) in [6, 6.07) is 7.22. The molecule has 0 bridgehead atoms. The van der Waals surface area contributed by atoms with Gasteiger partial charge in [-0.2, -0.15) is 4.98 Å². The second kappa shape index (κ2) is 5.65. The molecule has 6 heteroatoms. The number of methoxy groups -OCH3 is 1. The van der Waals surface area contributed by atoms with Gasteiger partial charge in [-0.15, -0.1) is 12.4 Å². The third-order valence-electron chi connectivity index (χ3n) is 2.18. The Morgan fingerprint density at radius 2 is 2.06 bits per heavy atom. The van der Waals surface area contributed by atoms with Crippen LogP contribution in [0.2, 0.25) is 0 Å². The van der Waals surface area contributed by atoms with Crippen LogP contribution in [0.1, 0.15) is 18.9 Å². The monoisotopic (exact) mass is 255 g/mol. The summed E-state index contributed by atoms with van der Waals surface area (Å²) in [5.41, 5.74) is 6.44. The molecule has 5 nitrogen and oxygen atoms in total. The lowest BCUT2D eigenvalue weighted by Crippen LogP contribution is -2.04. The van der Waals surface area contributed by atoms with Crippen LogP contribution < -0.4 is 10.5 Å². The molecule has 17 heavy (non-hydrogen) atoms. The van der Waals surface area contributed by atoms with E-state index in [2.05, 4.69) is 10.1 Å². The Morgan fingerprint density at radius 1 is 1.35 bits per heavy atom. The van der Waals surface area contributed by atoms with E-state index in [-0.39, 0.29) is 18.4 Å². The molecule has 0 spiro atoms. The molecular weight excluding hydrogens is 242 g/mol. The van der Waals surface area contributed by atoms with Crippen molar-refractivity contribution in [1.29, 1.82) is 0 Å². The predicted octanol–water partition coefficient (Wildman–Crippen LogP) is 2.19. The van der Waals surface area contributed by atoms with Crippen molar-refractivity contribution in [2.75, 3.05) is 7.11 Å². The van der Waals surface area contributed by atoms with Crippen molar-refractivity contribution in [2.24, 2.45) is 5.73 Å². The molecule has 1 atom stereocenters. The Balaban J connectivity index is 0.00000144. The van der Waals surface area contributed by atoms with E-state index < -0.39 is 0 Å². The Bertz CT molecular complexity index is 485. The molecule has 0 saturated carbocycles. The number of para-hydroxylation sites is 1. The molecule has 0 fully saturated rings. The van der Waals surface area contributed by atoms with Gasteiger partial charge in [-0.25, -0.2) is 0 Å². The van der Waals surface area contributed by atoms with Gasteiger partial charge in [0.05, 0.1) is 18.7 Å².